The first-order chi connectivity index (χ1) is 15.7. The molecule has 3 aromatic heterocycles. The summed E-state index contributed by atoms with van der Waals surface area (Å²) in [6.07, 6.45) is 13.3. The lowest BCUT2D eigenvalue weighted by Crippen LogP contribution is -2.33. The number of aromatic nitrogens is 5. The van der Waals surface area contributed by atoms with Gasteiger partial charge in [-0.15, -0.1) is 0 Å². The van der Waals surface area contributed by atoms with Crippen LogP contribution in [0.5, 0.6) is 0 Å². The van der Waals surface area contributed by atoms with Crippen molar-refractivity contribution >= 4 is 11.5 Å². The van der Waals surface area contributed by atoms with Crippen LogP contribution in [0.2, 0.25) is 0 Å². The minimum Gasteiger partial charge on any atom is -0.338 e. The summed E-state index contributed by atoms with van der Waals surface area (Å²) >= 11 is 0. The number of pyridine rings is 1. The van der Waals surface area contributed by atoms with Crippen molar-refractivity contribution in [3.63, 3.8) is 0 Å². The summed E-state index contributed by atoms with van der Waals surface area (Å²) in [4.78, 5) is 15.9. The van der Waals surface area contributed by atoms with Crippen LogP contribution in [0.1, 0.15) is 67.7 Å². The van der Waals surface area contributed by atoms with Crippen LogP contribution in [0.15, 0.2) is 36.9 Å². The number of piperidine rings is 1. The van der Waals surface area contributed by atoms with Crippen molar-refractivity contribution < 1.29 is 0 Å². The summed E-state index contributed by atoms with van der Waals surface area (Å²) in [5.74, 6) is 0.663. The standard InChI is InChI=1S/C24H30N8/c1-3-4-11-32-17-19(18(2)30-32)16-31-10-6-5-7-23(31)22-14-28-24(15-27-22)29-21-9-8-20(12-25)26-13-21/h8-9,13-15,17,23H,3-7,10-11,16H2,1-2H3,(H,28,29)/t23-/m0/s1. The highest BCUT2D eigenvalue weighted by atomic mass is 15.3. The summed E-state index contributed by atoms with van der Waals surface area (Å²) in [6, 6.07) is 5.77. The highest BCUT2D eigenvalue weighted by Crippen LogP contribution is 2.31. The van der Waals surface area contributed by atoms with E-state index >= 15 is 0 Å². The lowest BCUT2D eigenvalue weighted by atomic mass is 9.99. The number of hydrogen-bond donors (Lipinski definition) is 1. The van der Waals surface area contributed by atoms with Crippen LogP contribution >= 0.6 is 0 Å². The van der Waals surface area contributed by atoms with Crippen LogP contribution in [-0.4, -0.2) is 36.2 Å². The van der Waals surface area contributed by atoms with Crippen LogP contribution in [0, 0.1) is 18.3 Å². The molecule has 0 radical (unpaired) electrons. The van der Waals surface area contributed by atoms with Crippen LogP contribution in [-0.2, 0) is 13.1 Å². The largest absolute Gasteiger partial charge is 0.338 e. The van der Waals surface area contributed by atoms with Gasteiger partial charge in [-0.1, -0.05) is 19.8 Å². The molecule has 1 aliphatic rings. The number of nitrogens with zero attached hydrogens (tertiary/aromatic N) is 7. The van der Waals surface area contributed by atoms with Gasteiger partial charge in [-0.2, -0.15) is 10.4 Å². The van der Waals surface area contributed by atoms with Gasteiger partial charge in [0.25, 0.3) is 0 Å². The van der Waals surface area contributed by atoms with Gasteiger partial charge in [0.2, 0.25) is 0 Å². The Balaban J connectivity index is 1.44. The SMILES string of the molecule is CCCCn1cc(CN2CCCC[C@H]2c2cnc(Nc3ccc(C#N)nc3)cn2)c(C)n1. The molecule has 3 aromatic rings. The van der Waals surface area contributed by atoms with Gasteiger partial charge in [-0.3, -0.25) is 14.6 Å². The molecule has 8 nitrogen and oxygen atoms in total. The Hall–Kier alpha value is -3.31. The van der Waals surface area contributed by atoms with E-state index in [9.17, 15) is 0 Å². The average molecular weight is 431 g/mol. The molecule has 0 aliphatic carbocycles. The quantitative estimate of drug-likeness (QED) is 0.561. The maximum atomic E-state index is 8.87. The number of nitriles is 1. The zero-order valence-corrected chi connectivity index (χ0v) is 18.8. The van der Waals surface area contributed by atoms with E-state index in [0.29, 0.717) is 11.5 Å². The Morgan fingerprint density at radius 2 is 2.06 bits per heavy atom. The molecule has 1 atom stereocenters. The van der Waals surface area contributed by atoms with E-state index in [1.54, 1.807) is 18.5 Å². The number of aryl methyl sites for hydroxylation is 2. The van der Waals surface area contributed by atoms with Crippen LogP contribution in [0.25, 0.3) is 0 Å². The summed E-state index contributed by atoms with van der Waals surface area (Å²) in [7, 11) is 0. The Labute approximate surface area is 189 Å². The summed E-state index contributed by atoms with van der Waals surface area (Å²) in [5.41, 5.74) is 4.59. The molecule has 0 unspecified atom stereocenters. The summed E-state index contributed by atoms with van der Waals surface area (Å²) in [5, 5.41) is 16.8. The molecule has 0 saturated carbocycles. The number of nitrogens with one attached hydrogen (secondary N) is 1. The van der Waals surface area contributed by atoms with E-state index in [2.05, 4.69) is 44.9 Å². The van der Waals surface area contributed by atoms with Gasteiger partial charge in [0.15, 0.2) is 0 Å². The van der Waals surface area contributed by atoms with E-state index in [1.807, 2.05) is 18.3 Å². The third kappa shape index (κ3) is 5.29. The molecule has 0 bridgehead atoms. The average Bonchev–Trinajstić information content (AvgIpc) is 3.18. The van der Waals surface area contributed by atoms with Crippen LogP contribution in [0.3, 0.4) is 0 Å². The second kappa shape index (κ2) is 10.3. The van der Waals surface area contributed by atoms with Crippen molar-refractivity contribution in [3.8, 4) is 6.07 Å². The molecular formula is C24H30N8. The van der Waals surface area contributed by atoms with E-state index in [1.165, 1.54) is 24.8 Å². The number of likely N-dealkylation sites (tertiary alicyclic amines) is 1. The Bertz CT molecular complexity index is 1050. The fourth-order valence-electron chi connectivity index (χ4n) is 4.14. The minimum absolute atomic E-state index is 0.264. The van der Waals surface area contributed by atoms with Crippen molar-refractivity contribution in [3.05, 3.63) is 59.6 Å². The predicted molar refractivity (Wildman–Crippen MR) is 123 cm³/mol. The maximum Gasteiger partial charge on any atom is 0.148 e. The van der Waals surface area contributed by atoms with Crippen molar-refractivity contribution in [1.29, 1.82) is 5.26 Å². The molecule has 1 N–H and O–H groups in total. The molecule has 0 spiro atoms. The third-order valence-electron chi connectivity index (χ3n) is 5.94. The molecule has 0 amide bonds. The minimum atomic E-state index is 0.264. The highest BCUT2D eigenvalue weighted by Gasteiger charge is 2.26. The predicted octanol–water partition coefficient (Wildman–Crippen LogP) is 4.52. The van der Waals surface area contributed by atoms with Gasteiger partial charge < -0.3 is 5.32 Å². The van der Waals surface area contributed by atoms with E-state index in [0.717, 1.165) is 49.6 Å². The maximum absolute atomic E-state index is 8.87. The van der Waals surface area contributed by atoms with Crippen molar-refractivity contribution in [2.45, 2.75) is 65.1 Å². The van der Waals surface area contributed by atoms with Gasteiger partial charge in [-0.05, 0) is 44.9 Å². The summed E-state index contributed by atoms with van der Waals surface area (Å²) < 4.78 is 2.09. The Morgan fingerprint density at radius 1 is 1.16 bits per heavy atom. The topological polar surface area (TPSA) is 95.6 Å². The molecule has 0 aromatic carbocycles. The lowest BCUT2D eigenvalue weighted by Gasteiger charge is -2.35. The second-order valence-corrected chi connectivity index (χ2v) is 8.33. The third-order valence-corrected chi connectivity index (χ3v) is 5.94. The van der Waals surface area contributed by atoms with E-state index in [4.69, 9.17) is 15.3 Å². The highest BCUT2D eigenvalue weighted by molar-refractivity contribution is 5.54. The zero-order valence-electron chi connectivity index (χ0n) is 18.8. The molecule has 1 fully saturated rings. The molecule has 166 valence electrons. The molecule has 4 rings (SSSR count). The van der Waals surface area contributed by atoms with Crippen LogP contribution < -0.4 is 5.32 Å². The number of hydrogen-bond acceptors (Lipinski definition) is 7. The molecule has 8 heteroatoms. The van der Waals surface area contributed by atoms with Gasteiger partial charge >= 0.3 is 0 Å². The second-order valence-electron chi connectivity index (χ2n) is 8.33. The fourth-order valence-corrected chi connectivity index (χ4v) is 4.14. The monoisotopic (exact) mass is 430 g/mol. The first-order valence-electron chi connectivity index (χ1n) is 11.4. The first kappa shape index (κ1) is 21.9. The fraction of sp³-hybridized carbons (Fsp3) is 0.458. The smallest absolute Gasteiger partial charge is 0.148 e. The molecule has 4 heterocycles. The molecule has 32 heavy (non-hydrogen) atoms. The Kier molecular flexibility index (Phi) is 7.07. The number of unbranched alkanes of at least 4 members (excludes halogenated alkanes) is 1. The van der Waals surface area contributed by atoms with Gasteiger partial charge in [0.05, 0.1) is 41.7 Å². The van der Waals surface area contributed by atoms with Crippen molar-refractivity contribution in [2.24, 2.45) is 0 Å². The summed E-state index contributed by atoms with van der Waals surface area (Å²) in [6.45, 7) is 7.24. The van der Waals surface area contributed by atoms with Gasteiger partial charge in [0, 0.05) is 24.8 Å². The normalized spacial score (nSPS) is 16.6. The van der Waals surface area contributed by atoms with Crippen LogP contribution in [0.4, 0.5) is 11.5 Å². The molecule has 1 aliphatic heterocycles. The molecular weight excluding hydrogens is 400 g/mol. The lowest BCUT2D eigenvalue weighted by molar-refractivity contribution is 0.136. The molecule has 1 saturated heterocycles. The van der Waals surface area contributed by atoms with Gasteiger partial charge in [-0.25, -0.2) is 9.97 Å². The van der Waals surface area contributed by atoms with E-state index in [-0.39, 0.29) is 6.04 Å². The Morgan fingerprint density at radius 3 is 2.78 bits per heavy atom. The zero-order chi connectivity index (χ0) is 22.3. The van der Waals surface area contributed by atoms with Crippen molar-refractivity contribution in [2.75, 3.05) is 11.9 Å². The number of anilines is 2. The number of rotatable bonds is 8. The first-order valence-corrected chi connectivity index (χ1v) is 11.4. The van der Waals surface area contributed by atoms with Crippen molar-refractivity contribution in [1.82, 2.24) is 29.6 Å². The van der Waals surface area contributed by atoms with E-state index < -0.39 is 0 Å². The van der Waals surface area contributed by atoms with Gasteiger partial charge in [0.1, 0.15) is 17.6 Å².